The largest absolute Gasteiger partial charge is 0.489 e. The number of hydrogen-bond acceptors (Lipinski definition) is 3. The van der Waals surface area contributed by atoms with Crippen LogP contribution in [0.4, 0.5) is 0 Å². The lowest BCUT2D eigenvalue weighted by atomic mass is 9.81. The number of aryl methyl sites for hydroxylation is 1. The van der Waals surface area contributed by atoms with Gasteiger partial charge in [-0.25, -0.2) is 0 Å². The highest BCUT2D eigenvalue weighted by atomic mass is 16.5. The van der Waals surface area contributed by atoms with Crippen LogP contribution in [0.25, 0.3) is 0 Å². The van der Waals surface area contributed by atoms with E-state index in [9.17, 15) is 5.11 Å². The Morgan fingerprint density at radius 1 is 1.00 bits per heavy atom. The van der Waals surface area contributed by atoms with Gasteiger partial charge < -0.3 is 15.2 Å². The summed E-state index contributed by atoms with van der Waals surface area (Å²) < 4.78 is 5.95. The van der Waals surface area contributed by atoms with Crippen LogP contribution in [0.1, 0.15) is 47.7 Å². The number of ether oxygens (including phenoxy) is 1. The molecule has 0 bridgehead atoms. The molecule has 0 aliphatic heterocycles. The topological polar surface area (TPSA) is 41.5 Å². The Kier molecular flexibility index (Phi) is 6.28. The number of rotatable bonds is 7. The van der Waals surface area contributed by atoms with Gasteiger partial charge in [-0.1, -0.05) is 66.7 Å². The molecule has 3 aromatic rings. The molecule has 0 fully saturated rings. The Morgan fingerprint density at radius 3 is 2.48 bits per heavy atom. The highest BCUT2D eigenvalue weighted by Crippen LogP contribution is 2.36. The van der Waals surface area contributed by atoms with Crippen molar-refractivity contribution in [1.82, 2.24) is 5.32 Å². The summed E-state index contributed by atoms with van der Waals surface area (Å²) in [6.45, 7) is 3.55. The minimum Gasteiger partial charge on any atom is -0.489 e. The second-order valence-corrected chi connectivity index (χ2v) is 7.92. The van der Waals surface area contributed by atoms with Crippen LogP contribution in [0, 0.1) is 5.92 Å². The lowest BCUT2D eigenvalue weighted by Crippen LogP contribution is -2.32. The standard InChI is InChI=1S/C26H29NO2/c1-19(21-10-6-3-7-11-21)27-17-23-13-12-22-16-24(14-15-25(22)26(23)28)29-18-20-8-4-2-5-9-20/h2-11,14-16,19,23,26-28H,12-13,17-18H2,1H3/t19-,23+,26+/m0/s1. The monoisotopic (exact) mass is 387 g/mol. The van der Waals surface area contributed by atoms with E-state index >= 15 is 0 Å². The molecule has 150 valence electrons. The molecule has 0 aromatic heterocycles. The van der Waals surface area contributed by atoms with Crippen LogP contribution >= 0.6 is 0 Å². The molecule has 3 atom stereocenters. The van der Waals surface area contributed by atoms with Gasteiger partial charge in [-0.15, -0.1) is 0 Å². The van der Waals surface area contributed by atoms with Gasteiger partial charge in [0, 0.05) is 18.5 Å². The predicted octanol–water partition coefficient (Wildman–Crippen LogP) is 5.21. The van der Waals surface area contributed by atoms with E-state index in [2.05, 4.69) is 54.7 Å². The van der Waals surface area contributed by atoms with E-state index in [-0.39, 0.29) is 12.0 Å². The van der Waals surface area contributed by atoms with Crippen molar-refractivity contribution in [3.8, 4) is 5.75 Å². The second-order valence-electron chi connectivity index (χ2n) is 7.92. The lowest BCUT2D eigenvalue weighted by Gasteiger charge is -2.31. The van der Waals surface area contributed by atoms with Crippen LogP contribution in [0.5, 0.6) is 5.75 Å². The molecule has 0 saturated heterocycles. The van der Waals surface area contributed by atoms with E-state index < -0.39 is 6.10 Å². The Hall–Kier alpha value is -2.62. The molecule has 0 unspecified atom stereocenters. The molecular formula is C26H29NO2. The maximum absolute atomic E-state index is 10.9. The molecule has 4 rings (SSSR count). The first kappa shape index (κ1) is 19.7. The van der Waals surface area contributed by atoms with Crippen LogP contribution in [-0.4, -0.2) is 11.7 Å². The van der Waals surface area contributed by atoms with Crippen molar-refractivity contribution >= 4 is 0 Å². The smallest absolute Gasteiger partial charge is 0.120 e. The summed E-state index contributed by atoms with van der Waals surface area (Å²) in [5.41, 5.74) is 4.68. The number of fused-ring (bicyclic) bond motifs is 1. The number of aliphatic hydroxyl groups excluding tert-OH is 1. The minimum absolute atomic E-state index is 0.227. The van der Waals surface area contributed by atoms with Crippen LogP contribution < -0.4 is 10.1 Å². The van der Waals surface area contributed by atoms with Crippen LogP contribution in [0.3, 0.4) is 0 Å². The summed E-state index contributed by atoms with van der Waals surface area (Å²) in [4.78, 5) is 0. The molecule has 1 aliphatic carbocycles. The van der Waals surface area contributed by atoms with Crippen molar-refractivity contribution in [1.29, 1.82) is 0 Å². The first-order chi connectivity index (χ1) is 14.2. The first-order valence-corrected chi connectivity index (χ1v) is 10.5. The number of benzene rings is 3. The van der Waals surface area contributed by atoms with Crippen molar-refractivity contribution in [3.63, 3.8) is 0 Å². The van der Waals surface area contributed by atoms with Gasteiger partial charge in [0.2, 0.25) is 0 Å². The summed E-state index contributed by atoms with van der Waals surface area (Å²) in [6.07, 6.45) is 1.52. The molecular weight excluding hydrogens is 358 g/mol. The zero-order valence-electron chi connectivity index (χ0n) is 16.9. The molecule has 3 aromatic carbocycles. The first-order valence-electron chi connectivity index (χ1n) is 10.5. The Labute approximate surface area is 173 Å². The van der Waals surface area contributed by atoms with Crippen molar-refractivity contribution in [2.45, 2.75) is 38.5 Å². The molecule has 1 aliphatic rings. The third kappa shape index (κ3) is 4.87. The minimum atomic E-state index is -0.433. The van der Waals surface area contributed by atoms with Gasteiger partial charge in [-0.05, 0) is 54.2 Å². The van der Waals surface area contributed by atoms with E-state index in [0.29, 0.717) is 6.61 Å². The zero-order chi connectivity index (χ0) is 20.1. The van der Waals surface area contributed by atoms with Crippen LogP contribution in [-0.2, 0) is 13.0 Å². The second kappa shape index (κ2) is 9.25. The van der Waals surface area contributed by atoms with Crippen LogP contribution in [0.2, 0.25) is 0 Å². The number of hydrogen-bond donors (Lipinski definition) is 2. The number of aliphatic hydroxyl groups is 1. The third-order valence-corrected chi connectivity index (χ3v) is 5.90. The summed E-state index contributed by atoms with van der Waals surface area (Å²) >= 11 is 0. The Bertz CT molecular complexity index is 911. The quantitative estimate of drug-likeness (QED) is 0.585. The Balaban J connectivity index is 1.35. The molecule has 0 spiro atoms. The zero-order valence-corrected chi connectivity index (χ0v) is 16.9. The Morgan fingerprint density at radius 2 is 1.72 bits per heavy atom. The molecule has 0 amide bonds. The van der Waals surface area contributed by atoms with Gasteiger partial charge >= 0.3 is 0 Å². The third-order valence-electron chi connectivity index (χ3n) is 5.90. The molecule has 0 saturated carbocycles. The van der Waals surface area contributed by atoms with E-state index in [4.69, 9.17) is 4.74 Å². The molecule has 29 heavy (non-hydrogen) atoms. The fourth-order valence-electron chi connectivity index (χ4n) is 4.07. The SMILES string of the molecule is C[C@H](NC[C@H]1CCc2cc(OCc3ccccc3)ccc2[C@@H]1O)c1ccccc1. The van der Waals surface area contributed by atoms with E-state index in [0.717, 1.165) is 36.3 Å². The predicted molar refractivity (Wildman–Crippen MR) is 117 cm³/mol. The van der Waals surface area contributed by atoms with Gasteiger partial charge in [0.05, 0.1) is 6.10 Å². The summed E-state index contributed by atoms with van der Waals surface area (Å²) in [5, 5.41) is 14.5. The van der Waals surface area contributed by atoms with Crippen molar-refractivity contribution in [2.24, 2.45) is 5.92 Å². The van der Waals surface area contributed by atoms with Gasteiger partial charge in [0.1, 0.15) is 12.4 Å². The molecule has 3 heteroatoms. The van der Waals surface area contributed by atoms with Gasteiger partial charge in [0.25, 0.3) is 0 Å². The van der Waals surface area contributed by atoms with E-state index in [1.165, 1.54) is 11.1 Å². The van der Waals surface area contributed by atoms with E-state index in [1.807, 2.05) is 36.4 Å². The maximum Gasteiger partial charge on any atom is 0.120 e. The van der Waals surface area contributed by atoms with Gasteiger partial charge in [0.15, 0.2) is 0 Å². The highest BCUT2D eigenvalue weighted by molar-refractivity contribution is 5.39. The molecule has 2 N–H and O–H groups in total. The van der Waals surface area contributed by atoms with Crippen molar-refractivity contribution in [3.05, 3.63) is 101 Å². The van der Waals surface area contributed by atoms with Crippen molar-refractivity contribution in [2.75, 3.05) is 6.54 Å². The lowest BCUT2D eigenvalue weighted by molar-refractivity contribution is 0.0913. The fourth-order valence-corrected chi connectivity index (χ4v) is 4.07. The van der Waals surface area contributed by atoms with E-state index in [1.54, 1.807) is 0 Å². The normalized spacial score (nSPS) is 19.4. The fraction of sp³-hybridized carbons (Fsp3) is 0.308. The van der Waals surface area contributed by atoms with Gasteiger partial charge in [-0.2, -0.15) is 0 Å². The molecule has 0 heterocycles. The maximum atomic E-state index is 10.9. The summed E-state index contributed by atoms with van der Waals surface area (Å²) in [7, 11) is 0. The highest BCUT2D eigenvalue weighted by Gasteiger charge is 2.28. The number of nitrogens with one attached hydrogen (secondary N) is 1. The average Bonchev–Trinajstić information content (AvgIpc) is 2.78. The van der Waals surface area contributed by atoms with Crippen LogP contribution in [0.15, 0.2) is 78.9 Å². The molecule has 0 radical (unpaired) electrons. The summed E-state index contributed by atoms with van der Waals surface area (Å²) in [6, 6.07) is 27.0. The van der Waals surface area contributed by atoms with Gasteiger partial charge in [-0.3, -0.25) is 0 Å². The average molecular weight is 388 g/mol. The molecule has 3 nitrogen and oxygen atoms in total. The summed E-state index contributed by atoms with van der Waals surface area (Å²) in [5.74, 6) is 1.10. The van der Waals surface area contributed by atoms with Crippen molar-refractivity contribution < 1.29 is 9.84 Å².